The number of hydrogen-bond donors (Lipinski definition) is 2. The predicted octanol–water partition coefficient (Wildman–Crippen LogP) is 3.08. The number of alkyl halides is 3. The number of carboxylic acid groups (broad SMARTS) is 1. The van der Waals surface area contributed by atoms with E-state index in [0.717, 1.165) is 18.2 Å². The number of rotatable bonds is 7. The van der Waals surface area contributed by atoms with E-state index in [1.807, 2.05) is 0 Å². The van der Waals surface area contributed by atoms with Crippen molar-refractivity contribution in [2.24, 2.45) is 5.92 Å². The Morgan fingerprint density at radius 1 is 1.00 bits per heavy atom. The van der Waals surface area contributed by atoms with Crippen LogP contribution in [0, 0.1) is 5.92 Å². The molecule has 1 amide bonds. The Bertz CT molecular complexity index is 1160. The predicted molar refractivity (Wildman–Crippen MR) is 115 cm³/mol. The number of halogens is 3. The van der Waals surface area contributed by atoms with Crippen LogP contribution < -0.4 is 4.18 Å². The molecule has 1 fully saturated rings. The zero-order valence-electron chi connectivity index (χ0n) is 18.1. The summed E-state index contributed by atoms with van der Waals surface area (Å²) in [6.45, 7) is 0.390. The van der Waals surface area contributed by atoms with Gasteiger partial charge < -0.3 is 24.0 Å². The van der Waals surface area contributed by atoms with Crippen molar-refractivity contribution in [3.05, 3.63) is 65.7 Å². The molecule has 2 aromatic rings. The van der Waals surface area contributed by atoms with Gasteiger partial charge in [0.05, 0.1) is 6.61 Å². The van der Waals surface area contributed by atoms with Gasteiger partial charge in [0.25, 0.3) is 0 Å². The highest BCUT2D eigenvalue weighted by Gasteiger charge is 2.49. The molecule has 0 spiro atoms. The fourth-order valence-corrected chi connectivity index (χ4v) is 4.07. The number of piperidine rings is 1. The summed E-state index contributed by atoms with van der Waals surface area (Å²) in [6, 6.07) is 11.5. The van der Waals surface area contributed by atoms with Crippen molar-refractivity contribution < 1.29 is 50.3 Å². The SMILES string of the molecule is O=C(O)N1CCC(COC(=O)C(O)(c2ccccc2)c2cccc(OS(=O)(=O)C(F)(F)F)c2)CC1. The van der Waals surface area contributed by atoms with Gasteiger partial charge in [0.1, 0.15) is 5.75 Å². The van der Waals surface area contributed by atoms with Crippen LogP contribution in [-0.4, -0.2) is 60.8 Å². The molecule has 2 aromatic carbocycles. The third kappa shape index (κ3) is 5.85. The highest BCUT2D eigenvalue weighted by Crippen LogP contribution is 2.35. The van der Waals surface area contributed by atoms with Gasteiger partial charge in [-0.1, -0.05) is 42.5 Å². The summed E-state index contributed by atoms with van der Waals surface area (Å²) in [5, 5.41) is 20.5. The first-order chi connectivity index (χ1) is 16.3. The second-order valence-corrected chi connectivity index (χ2v) is 9.44. The molecule has 1 atom stereocenters. The average Bonchev–Trinajstić information content (AvgIpc) is 2.82. The van der Waals surface area contributed by atoms with Crippen LogP contribution in [0.4, 0.5) is 18.0 Å². The number of esters is 1. The van der Waals surface area contributed by atoms with Crippen LogP contribution in [0.1, 0.15) is 24.0 Å². The zero-order chi connectivity index (χ0) is 25.9. The van der Waals surface area contributed by atoms with E-state index in [9.17, 15) is 36.3 Å². The fourth-order valence-electron chi connectivity index (χ4n) is 3.62. The molecule has 3 rings (SSSR count). The molecule has 1 heterocycles. The van der Waals surface area contributed by atoms with Crippen LogP contribution in [0.3, 0.4) is 0 Å². The number of aliphatic hydroxyl groups is 1. The van der Waals surface area contributed by atoms with Gasteiger partial charge in [0.15, 0.2) is 0 Å². The number of carbonyl (C=O) groups is 2. The van der Waals surface area contributed by atoms with Gasteiger partial charge in [-0.15, -0.1) is 0 Å². The number of carbonyl (C=O) groups excluding carboxylic acids is 1. The summed E-state index contributed by atoms with van der Waals surface area (Å²) in [6.07, 6.45) is -0.183. The van der Waals surface area contributed by atoms with Crippen molar-refractivity contribution in [3.8, 4) is 5.75 Å². The van der Waals surface area contributed by atoms with E-state index < -0.39 is 39.0 Å². The Morgan fingerprint density at radius 3 is 2.17 bits per heavy atom. The van der Waals surface area contributed by atoms with Gasteiger partial charge in [0.2, 0.25) is 5.60 Å². The molecule has 1 aliphatic rings. The van der Waals surface area contributed by atoms with Crippen molar-refractivity contribution in [1.29, 1.82) is 0 Å². The van der Waals surface area contributed by atoms with E-state index in [2.05, 4.69) is 4.18 Å². The van der Waals surface area contributed by atoms with Gasteiger partial charge in [-0.25, -0.2) is 9.59 Å². The van der Waals surface area contributed by atoms with Gasteiger partial charge in [-0.05, 0) is 36.5 Å². The zero-order valence-corrected chi connectivity index (χ0v) is 19.0. The maximum absolute atomic E-state index is 13.1. The second kappa shape index (κ2) is 10.1. The van der Waals surface area contributed by atoms with Crippen molar-refractivity contribution in [1.82, 2.24) is 4.90 Å². The van der Waals surface area contributed by atoms with E-state index in [0.29, 0.717) is 12.8 Å². The Hall–Kier alpha value is -3.32. The summed E-state index contributed by atoms with van der Waals surface area (Å²) in [4.78, 5) is 25.4. The lowest BCUT2D eigenvalue weighted by Crippen LogP contribution is -2.41. The highest BCUT2D eigenvalue weighted by atomic mass is 32.2. The molecule has 0 radical (unpaired) electrons. The second-order valence-electron chi connectivity index (χ2n) is 7.90. The molecule has 2 N–H and O–H groups in total. The molecule has 13 heteroatoms. The normalized spacial score (nSPS) is 16.9. The first-order valence-electron chi connectivity index (χ1n) is 10.4. The minimum Gasteiger partial charge on any atom is -0.465 e. The molecule has 0 bridgehead atoms. The summed E-state index contributed by atoms with van der Waals surface area (Å²) < 4.78 is 70.4. The summed E-state index contributed by atoms with van der Waals surface area (Å²) in [5.74, 6) is -2.07. The molecular weight excluding hydrogens is 495 g/mol. The van der Waals surface area contributed by atoms with Gasteiger partial charge in [0, 0.05) is 18.7 Å². The minimum atomic E-state index is -5.98. The molecule has 9 nitrogen and oxygen atoms in total. The van der Waals surface area contributed by atoms with E-state index in [1.165, 1.54) is 35.2 Å². The summed E-state index contributed by atoms with van der Waals surface area (Å²) in [5.41, 5.74) is -8.41. The Balaban J connectivity index is 1.86. The Morgan fingerprint density at radius 2 is 1.60 bits per heavy atom. The number of amides is 1. The van der Waals surface area contributed by atoms with Crippen LogP contribution in [0.25, 0.3) is 0 Å². The topological polar surface area (TPSA) is 130 Å². The number of likely N-dealkylation sites (tertiary alicyclic amines) is 1. The monoisotopic (exact) mass is 517 g/mol. The number of ether oxygens (including phenoxy) is 1. The van der Waals surface area contributed by atoms with Crippen LogP contribution in [0.2, 0.25) is 0 Å². The van der Waals surface area contributed by atoms with Crippen molar-refractivity contribution in [2.45, 2.75) is 24.0 Å². The third-order valence-corrected chi connectivity index (χ3v) is 6.54. The first-order valence-corrected chi connectivity index (χ1v) is 11.8. The summed E-state index contributed by atoms with van der Waals surface area (Å²) in [7, 11) is -5.98. The smallest absolute Gasteiger partial charge is 0.465 e. The van der Waals surface area contributed by atoms with Crippen LogP contribution in [0.5, 0.6) is 5.75 Å². The van der Waals surface area contributed by atoms with Gasteiger partial charge in [-0.2, -0.15) is 21.6 Å². The molecule has 1 aliphatic heterocycles. The van der Waals surface area contributed by atoms with E-state index in [-0.39, 0.29) is 36.7 Å². The van der Waals surface area contributed by atoms with Crippen LogP contribution in [0.15, 0.2) is 54.6 Å². The first kappa shape index (κ1) is 26.3. The maximum Gasteiger partial charge on any atom is 0.534 e. The highest BCUT2D eigenvalue weighted by molar-refractivity contribution is 7.88. The quantitative estimate of drug-likeness (QED) is 0.326. The van der Waals surface area contributed by atoms with Gasteiger partial charge >= 0.3 is 27.7 Å². The standard InChI is InChI=1S/C22H22F3NO8S/c23-22(24,25)35(31,32)34-18-8-4-7-17(13-18)21(30,16-5-2-1-3-6-16)19(27)33-14-15-9-11-26(12-10-15)20(28)29/h1-8,13,15,30H,9-12,14H2,(H,28,29). The van der Waals surface area contributed by atoms with Crippen LogP contribution >= 0.6 is 0 Å². The summed E-state index contributed by atoms with van der Waals surface area (Å²) >= 11 is 0. The van der Waals surface area contributed by atoms with E-state index >= 15 is 0 Å². The lowest BCUT2D eigenvalue weighted by molar-refractivity contribution is -0.164. The fraction of sp³-hybridized carbons (Fsp3) is 0.364. The molecular formula is C22H22F3NO8S. The van der Waals surface area contributed by atoms with Crippen molar-refractivity contribution in [2.75, 3.05) is 19.7 Å². The minimum absolute atomic E-state index is 0.0292. The molecule has 1 saturated heterocycles. The van der Waals surface area contributed by atoms with E-state index in [4.69, 9.17) is 9.84 Å². The third-order valence-electron chi connectivity index (χ3n) is 5.56. The molecule has 35 heavy (non-hydrogen) atoms. The average molecular weight is 517 g/mol. The Kier molecular flexibility index (Phi) is 7.60. The van der Waals surface area contributed by atoms with Crippen LogP contribution in [-0.2, 0) is 25.3 Å². The number of benzene rings is 2. The lowest BCUT2D eigenvalue weighted by atomic mass is 9.86. The van der Waals surface area contributed by atoms with Crippen molar-refractivity contribution >= 4 is 22.2 Å². The maximum atomic E-state index is 13.1. The van der Waals surface area contributed by atoms with Crippen molar-refractivity contribution in [3.63, 3.8) is 0 Å². The Labute approximate surface area is 198 Å². The van der Waals surface area contributed by atoms with E-state index in [1.54, 1.807) is 6.07 Å². The number of nitrogens with zero attached hydrogens (tertiary/aromatic N) is 1. The van der Waals surface area contributed by atoms with Gasteiger partial charge in [-0.3, -0.25) is 0 Å². The molecule has 0 saturated carbocycles. The lowest BCUT2D eigenvalue weighted by Gasteiger charge is -2.31. The largest absolute Gasteiger partial charge is 0.534 e. The molecule has 1 unspecified atom stereocenters. The molecule has 0 aromatic heterocycles. The molecule has 190 valence electrons. The molecule has 0 aliphatic carbocycles. The number of hydrogen-bond acceptors (Lipinski definition) is 7.